The minimum Gasteiger partial charge on any atom is -0.464 e. The number of esters is 1. The van der Waals surface area contributed by atoms with E-state index in [1.54, 1.807) is 12.1 Å². The number of carbonyl (C=O) groups is 1. The van der Waals surface area contributed by atoms with Crippen LogP contribution in [0.2, 0.25) is 0 Å². The molecule has 0 saturated carbocycles. The van der Waals surface area contributed by atoms with Crippen LogP contribution < -0.4 is 0 Å². The third kappa shape index (κ3) is 2.04. The Kier molecular flexibility index (Phi) is 3.22. The first-order valence-electron chi connectivity index (χ1n) is 3.05. The molecule has 1 aromatic heterocycles. The molecule has 0 N–H and O–H groups in total. The normalized spacial score (nSPS) is 9.58. The Labute approximate surface area is 86.4 Å². The van der Waals surface area contributed by atoms with Gasteiger partial charge in [0.1, 0.15) is 10.3 Å². The molecule has 1 heterocycles. The van der Waals surface area contributed by atoms with E-state index < -0.39 is 5.97 Å². The van der Waals surface area contributed by atoms with Crippen molar-refractivity contribution in [3.63, 3.8) is 0 Å². The number of ether oxygens (including phenoxy) is 1. The van der Waals surface area contributed by atoms with Crippen LogP contribution in [-0.2, 0) is 4.74 Å². The van der Waals surface area contributed by atoms with Crippen molar-refractivity contribution < 1.29 is 9.53 Å². The Morgan fingerprint density at radius 1 is 1.50 bits per heavy atom. The van der Waals surface area contributed by atoms with Gasteiger partial charge in [0.05, 0.1) is 11.6 Å². The lowest BCUT2D eigenvalue weighted by Gasteiger charge is -1.99. The Morgan fingerprint density at radius 2 is 2.17 bits per heavy atom. The zero-order chi connectivity index (χ0) is 9.14. The van der Waals surface area contributed by atoms with Crippen LogP contribution in [0.4, 0.5) is 0 Å². The number of hydrogen-bond donors (Lipinski definition) is 0. The van der Waals surface area contributed by atoms with Crippen LogP contribution in [0.1, 0.15) is 10.5 Å². The lowest BCUT2D eigenvalue weighted by atomic mass is 10.4. The summed E-state index contributed by atoms with van der Waals surface area (Å²) in [5, 5.41) is 0. The molecule has 0 aromatic carbocycles. The number of pyridine rings is 1. The maximum Gasteiger partial charge on any atom is 0.356 e. The molecule has 0 radical (unpaired) electrons. The molecule has 0 atom stereocenters. The number of hydrogen-bond acceptors (Lipinski definition) is 3. The van der Waals surface area contributed by atoms with E-state index >= 15 is 0 Å². The minimum absolute atomic E-state index is 0.285. The molecule has 5 heteroatoms. The van der Waals surface area contributed by atoms with Gasteiger partial charge in [0.15, 0.2) is 0 Å². The second-order valence-electron chi connectivity index (χ2n) is 1.96. The zero-order valence-corrected chi connectivity index (χ0v) is 9.35. The van der Waals surface area contributed by atoms with Gasteiger partial charge in [-0.3, -0.25) is 0 Å². The quantitative estimate of drug-likeness (QED) is 0.590. The first-order chi connectivity index (χ1) is 5.65. The van der Waals surface area contributed by atoms with Gasteiger partial charge in [-0.1, -0.05) is 0 Å². The number of methoxy groups -OCH3 is 1. The molecular formula is C7H5Br2NO2. The summed E-state index contributed by atoms with van der Waals surface area (Å²) in [6.45, 7) is 0. The molecule has 0 spiro atoms. The molecule has 0 aliphatic carbocycles. The van der Waals surface area contributed by atoms with Crippen molar-refractivity contribution in [1.29, 1.82) is 0 Å². The van der Waals surface area contributed by atoms with E-state index in [1.165, 1.54) is 7.11 Å². The van der Waals surface area contributed by atoms with Crippen molar-refractivity contribution in [2.24, 2.45) is 0 Å². The molecule has 0 saturated heterocycles. The molecule has 64 valence electrons. The van der Waals surface area contributed by atoms with Gasteiger partial charge in [0.25, 0.3) is 0 Å². The maximum atomic E-state index is 11.0. The Morgan fingerprint density at radius 3 is 2.67 bits per heavy atom. The van der Waals surface area contributed by atoms with E-state index in [4.69, 9.17) is 0 Å². The van der Waals surface area contributed by atoms with Crippen molar-refractivity contribution in [1.82, 2.24) is 4.98 Å². The van der Waals surface area contributed by atoms with Gasteiger partial charge in [-0.2, -0.15) is 0 Å². The average Bonchev–Trinajstić information content (AvgIpc) is 2.08. The van der Waals surface area contributed by atoms with E-state index in [9.17, 15) is 4.79 Å². The summed E-state index contributed by atoms with van der Waals surface area (Å²) in [6.07, 6.45) is 0. The van der Waals surface area contributed by atoms with Crippen molar-refractivity contribution in [2.75, 3.05) is 7.11 Å². The predicted octanol–water partition coefficient (Wildman–Crippen LogP) is 2.39. The van der Waals surface area contributed by atoms with Crippen LogP contribution >= 0.6 is 31.9 Å². The summed E-state index contributed by atoms with van der Waals surface area (Å²) in [5.41, 5.74) is 0.285. The summed E-state index contributed by atoms with van der Waals surface area (Å²) >= 11 is 6.42. The van der Waals surface area contributed by atoms with E-state index in [-0.39, 0.29) is 5.69 Å². The van der Waals surface area contributed by atoms with Gasteiger partial charge in [-0.05, 0) is 44.0 Å². The molecule has 0 aliphatic heterocycles. The molecule has 3 nitrogen and oxygen atoms in total. The standard InChI is InChI=1S/C7H5Br2NO2/c1-12-7(11)5-3-2-4(8)6(9)10-5/h2-3H,1H3. The first kappa shape index (κ1) is 9.67. The molecular weight excluding hydrogens is 290 g/mol. The van der Waals surface area contributed by atoms with Gasteiger partial charge < -0.3 is 4.74 Å². The zero-order valence-electron chi connectivity index (χ0n) is 6.17. The number of carbonyl (C=O) groups excluding carboxylic acids is 1. The predicted molar refractivity (Wildman–Crippen MR) is 51.0 cm³/mol. The maximum absolute atomic E-state index is 11.0. The Hall–Kier alpha value is -0.420. The fourth-order valence-corrected chi connectivity index (χ4v) is 1.18. The lowest BCUT2D eigenvalue weighted by Crippen LogP contribution is -2.03. The third-order valence-corrected chi connectivity index (χ3v) is 2.97. The SMILES string of the molecule is COC(=O)c1ccc(Br)c(Br)n1. The monoisotopic (exact) mass is 293 g/mol. The number of aromatic nitrogens is 1. The van der Waals surface area contributed by atoms with Crippen LogP contribution in [0.25, 0.3) is 0 Å². The topological polar surface area (TPSA) is 39.2 Å². The summed E-state index contributed by atoms with van der Waals surface area (Å²) in [5.74, 6) is -0.441. The number of nitrogens with zero attached hydrogens (tertiary/aromatic N) is 1. The summed E-state index contributed by atoms with van der Waals surface area (Å²) < 4.78 is 5.88. The van der Waals surface area contributed by atoms with Crippen LogP contribution in [-0.4, -0.2) is 18.1 Å². The highest BCUT2D eigenvalue weighted by molar-refractivity contribution is 9.13. The third-order valence-electron chi connectivity index (χ3n) is 1.20. The fourth-order valence-electron chi connectivity index (χ4n) is 0.636. The number of halogens is 2. The second-order valence-corrected chi connectivity index (χ2v) is 3.57. The summed E-state index contributed by atoms with van der Waals surface area (Å²) in [4.78, 5) is 14.9. The summed E-state index contributed by atoms with van der Waals surface area (Å²) in [7, 11) is 1.32. The molecule has 12 heavy (non-hydrogen) atoms. The second kappa shape index (κ2) is 4.00. The van der Waals surface area contributed by atoms with E-state index in [2.05, 4.69) is 41.6 Å². The molecule has 0 aliphatic rings. The van der Waals surface area contributed by atoms with Crippen LogP contribution in [0, 0.1) is 0 Å². The van der Waals surface area contributed by atoms with Gasteiger partial charge in [-0.25, -0.2) is 9.78 Å². The van der Waals surface area contributed by atoms with Crippen molar-refractivity contribution in [3.05, 3.63) is 26.9 Å². The van der Waals surface area contributed by atoms with Crippen molar-refractivity contribution in [2.45, 2.75) is 0 Å². The highest BCUT2D eigenvalue weighted by Gasteiger charge is 2.08. The Bertz CT molecular complexity index is 314. The molecule has 0 unspecified atom stereocenters. The minimum atomic E-state index is -0.441. The van der Waals surface area contributed by atoms with Crippen molar-refractivity contribution in [3.8, 4) is 0 Å². The van der Waals surface area contributed by atoms with Gasteiger partial charge in [-0.15, -0.1) is 0 Å². The highest BCUT2D eigenvalue weighted by Crippen LogP contribution is 2.20. The van der Waals surface area contributed by atoms with E-state index in [0.29, 0.717) is 4.60 Å². The van der Waals surface area contributed by atoms with Gasteiger partial charge >= 0.3 is 5.97 Å². The van der Waals surface area contributed by atoms with Crippen molar-refractivity contribution >= 4 is 37.8 Å². The van der Waals surface area contributed by atoms with Crippen LogP contribution in [0.3, 0.4) is 0 Å². The first-order valence-corrected chi connectivity index (χ1v) is 4.64. The highest BCUT2D eigenvalue weighted by atomic mass is 79.9. The Balaban J connectivity index is 3.05. The summed E-state index contributed by atoms with van der Waals surface area (Å²) in [6, 6.07) is 3.31. The molecule has 0 bridgehead atoms. The molecule has 1 rings (SSSR count). The molecule has 1 aromatic rings. The average molecular weight is 295 g/mol. The smallest absolute Gasteiger partial charge is 0.356 e. The lowest BCUT2D eigenvalue weighted by molar-refractivity contribution is 0.0594. The van der Waals surface area contributed by atoms with Gasteiger partial charge in [0, 0.05) is 0 Å². The molecule has 0 amide bonds. The molecule has 0 fully saturated rings. The fraction of sp³-hybridized carbons (Fsp3) is 0.143. The number of rotatable bonds is 1. The van der Waals surface area contributed by atoms with E-state index in [1.807, 2.05) is 0 Å². The van der Waals surface area contributed by atoms with Gasteiger partial charge in [0.2, 0.25) is 0 Å². The van der Waals surface area contributed by atoms with E-state index in [0.717, 1.165) is 4.47 Å². The van der Waals surface area contributed by atoms with Crippen LogP contribution in [0.15, 0.2) is 21.2 Å². The van der Waals surface area contributed by atoms with Crippen LogP contribution in [0.5, 0.6) is 0 Å². The largest absolute Gasteiger partial charge is 0.464 e.